The van der Waals surface area contributed by atoms with Crippen molar-refractivity contribution >= 4 is 52.9 Å². The van der Waals surface area contributed by atoms with Crippen LogP contribution in [0.1, 0.15) is 26.5 Å². The lowest BCUT2D eigenvalue weighted by Crippen LogP contribution is -2.76. The smallest absolute Gasteiger partial charge is 0.332 e. The van der Waals surface area contributed by atoms with Gasteiger partial charge in [-0.2, -0.15) is 5.06 Å². The summed E-state index contributed by atoms with van der Waals surface area (Å²) < 4.78 is 4.65. The predicted octanol–water partition coefficient (Wildman–Crippen LogP) is -0.126. The molecule has 0 aromatic carbocycles. The number of hydrogen-bond acceptors (Lipinski definition) is 10. The number of hydroxylamine groups is 2. The van der Waals surface area contributed by atoms with Gasteiger partial charge in [0.05, 0.1) is 5.54 Å². The summed E-state index contributed by atoms with van der Waals surface area (Å²) in [5, 5.41) is 8.72. The molecule has 0 bridgehead atoms. The van der Waals surface area contributed by atoms with Gasteiger partial charge in [0.25, 0.3) is 11.8 Å². The number of amides is 2. The van der Waals surface area contributed by atoms with Crippen LogP contribution in [-0.2, 0) is 23.5 Å². The van der Waals surface area contributed by atoms with E-state index in [1.807, 2.05) is 0 Å². The van der Waals surface area contributed by atoms with Gasteiger partial charge in [0.1, 0.15) is 11.7 Å². The highest BCUT2D eigenvalue weighted by Gasteiger charge is 2.56. The number of oxime groups is 1. The molecule has 1 atom stereocenters. The lowest BCUT2D eigenvalue weighted by atomic mass is 9.84. The number of aromatic nitrogens is 1. The summed E-state index contributed by atoms with van der Waals surface area (Å²) in [4.78, 5) is 43.8. The van der Waals surface area contributed by atoms with E-state index in [4.69, 9.17) is 5.73 Å². The summed E-state index contributed by atoms with van der Waals surface area (Å²) in [6, 6.07) is -0.865. The zero-order chi connectivity index (χ0) is 18.1. The minimum absolute atomic E-state index is 0.128. The number of anilines is 1. The number of carbonyl (C=O) groups is 3. The molecule has 1 aromatic heterocycles. The Morgan fingerprint density at radius 2 is 2.21 bits per heavy atom. The molecule has 0 aliphatic carbocycles. The quantitative estimate of drug-likeness (QED) is 0.163. The number of hydrogen-bond donors (Lipinski definition) is 3. The minimum atomic E-state index is -0.865. The Bertz CT molecular complexity index is 716. The zero-order valence-electron chi connectivity index (χ0n) is 13.0. The van der Waals surface area contributed by atoms with Crippen LogP contribution in [0.25, 0.3) is 0 Å². The number of thiazole rings is 1. The molecule has 1 aromatic rings. The molecule has 2 amide bonds. The molecule has 130 valence electrons. The van der Waals surface area contributed by atoms with E-state index in [0.717, 1.165) is 23.3 Å². The highest BCUT2D eigenvalue weighted by Crippen LogP contribution is 2.32. The van der Waals surface area contributed by atoms with Gasteiger partial charge in [-0.1, -0.05) is 5.16 Å². The Morgan fingerprint density at radius 1 is 1.54 bits per heavy atom. The molecule has 10 nitrogen and oxygen atoms in total. The molecule has 1 unspecified atom stereocenters. The van der Waals surface area contributed by atoms with Gasteiger partial charge in [0.15, 0.2) is 10.8 Å². The zero-order valence-corrected chi connectivity index (χ0v) is 14.7. The topological polar surface area (TPSA) is 136 Å². The summed E-state index contributed by atoms with van der Waals surface area (Å²) in [7, 11) is 0. The molecule has 1 fully saturated rings. The first-order valence-electron chi connectivity index (χ1n) is 6.62. The number of nitrogens with two attached hydrogens (primary N) is 1. The summed E-state index contributed by atoms with van der Waals surface area (Å²) in [6.45, 7) is 4.49. The van der Waals surface area contributed by atoms with E-state index in [1.54, 1.807) is 13.8 Å². The van der Waals surface area contributed by atoms with Gasteiger partial charge in [0, 0.05) is 25.2 Å². The van der Waals surface area contributed by atoms with E-state index in [0.29, 0.717) is 0 Å². The lowest BCUT2D eigenvalue weighted by molar-refractivity contribution is -0.211. The fourth-order valence-corrected chi connectivity index (χ4v) is 2.89. The molecular formula is C12H15N5O5S2. The molecular weight excluding hydrogens is 358 g/mol. The Balaban J connectivity index is 2.22. The van der Waals surface area contributed by atoms with Crippen LogP contribution >= 0.6 is 24.2 Å². The van der Waals surface area contributed by atoms with Crippen LogP contribution in [0.3, 0.4) is 0 Å². The second-order valence-electron chi connectivity index (χ2n) is 5.37. The Morgan fingerprint density at radius 3 is 2.67 bits per heavy atom. The van der Waals surface area contributed by atoms with Crippen LogP contribution in [0.2, 0.25) is 0 Å². The van der Waals surface area contributed by atoms with Gasteiger partial charge in [-0.25, -0.2) is 14.1 Å². The van der Waals surface area contributed by atoms with Crippen LogP contribution in [0.5, 0.6) is 0 Å². The molecule has 2 heterocycles. The van der Waals surface area contributed by atoms with E-state index in [2.05, 4.69) is 37.5 Å². The number of nitrogen functional groups attached to an aromatic ring is 1. The van der Waals surface area contributed by atoms with Gasteiger partial charge in [0.2, 0.25) is 0 Å². The van der Waals surface area contributed by atoms with E-state index in [1.165, 1.54) is 5.38 Å². The predicted molar refractivity (Wildman–Crippen MR) is 87.8 cm³/mol. The summed E-state index contributed by atoms with van der Waals surface area (Å²) >= 11 is 4.68. The van der Waals surface area contributed by atoms with E-state index < -0.39 is 29.4 Å². The van der Waals surface area contributed by atoms with Gasteiger partial charge >= 0.3 is 5.97 Å². The normalized spacial score (nSPS) is 19.7. The molecule has 1 aliphatic rings. The fraction of sp³-hybridized carbons (Fsp3) is 0.417. The standard InChI is InChI=1S/C12H15N5O5S2/c1-5(18)21-16-7(6-4-24-11(13)14-6)9(19)15-8-10(20)17(22-23)12(8,2)3/h4,8,23H,1-3H3,(H2,13,14)(H,15,19)/b16-7-. The Hall–Kier alpha value is -2.18. The van der Waals surface area contributed by atoms with Crippen molar-refractivity contribution in [1.82, 2.24) is 15.4 Å². The first kappa shape index (κ1) is 18.2. The number of rotatable bonds is 5. The van der Waals surface area contributed by atoms with Gasteiger partial charge in [-0.15, -0.1) is 11.3 Å². The summed E-state index contributed by atoms with van der Waals surface area (Å²) in [5.41, 5.74) is 4.58. The number of β-lactam (4-membered cyclic amide) rings is 1. The second-order valence-corrected chi connectivity index (χ2v) is 6.42. The lowest BCUT2D eigenvalue weighted by Gasteiger charge is -2.50. The minimum Gasteiger partial charge on any atom is -0.375 e. The number of nitrogens with one attached hydrogen (secondary N) is 1. The van der Waals surface area contributed by atoms with Crippen LogP contribution < -0.4 is 11.1 Å². The molecule has 2 rings (SSSR count). The van der Waals surface area contributed by atoms with Crippen LogP contribution in [0.4, 0.5) is 5.13 Å². The number of nitrogens with zero attached hydrogens (tertiary/aromatic N) is 3. The molecule has 0 saturated carbocycles. The van der Waals surface area contributed by atoms with Crippen molar-refractivity contribution in [3.05, 3.63) is 11.1 Å². The van der Waals surface area contributed by atoms with Crippen molar-refractivity contribution in [2.24, 2.45) is 5.16 Å². The average molecular weight is 373 g/mol. The largest absolute Gasteiger partial charge is 0.375 e. The van der Waals surface area contributed by atoms with Gasteiger partial charge < -0.3 is 15.9 Å². The molecule has 1 saturated heterocycles. The maximum absolute atomic E-state index is 12.5. The van der Waals surface area contributed by atoms with Crippen molar-refractivity contribution < 1.29 is 23.5 Å². The van der Waals surface area contributed by atoms with Crippen molar-refractivity contribution in [2.45, 2.75) is 32.4 Å². The fourth-order valence-electron chi connectivity index (χ4n) is 2.05. The first-order valence-corrected chi connectivity index (χ1v) is 7.86. The molecule has 0 radical (unpaired) electrons. The van der Waals surface area contributed by atoms with E-state index >= 15 is 0 Å². The monoisotopic (exact) mass is 373 g/mol. The first-order chi connectivity index (χ1) is 11.2. The third kappa shape index (κ3) is 3.34. The molecule has 3 N–H and O–H groups in total. The summed E-state index contributed by atoms with van der Waals surface area (Å²) in [6.07, 6.45) is 0. The molecule has 0 spiro atoms. The maximum atomic E-state index is 12.5. The maximum Gasteiger partial charge on any atom is 0.332 e. The Labute approximate surface area is 146 Å². The third-order valence-electron chi connectivity index (χ3n) is 3.28. The van der Waals surface area contributed by atoms with Crippen molar-refractivity contribution in [2.75, 3.05) is 5.73 Å². The molecule has 1 aliphatic heterocycles. The van der Waals surface area contributed by atoms with Crippen LogP contribution in [0, 0.1) is 0 Å². The van der Waals surface area contributed by atoms with E-state index in [-0.39, 0.29) is 16.5 Å². The van der Waals surface area contributed by atoms with Crippen molar-refractivity contribution in [1.29, 1.82) is 0 Å². The Kier molecular flexibility index (Phi) is 5.11. The highest BCUT2D eigenvalue weighted by atomic mass is 32.1. The van der Waals surface area contributed by atoms with Crippen LogP contribution in [0.15, 0.2) is 10.5 Å². The molecule has 12 heteroatoms. The highest BCUT2D eigenvalue weighted by molar-refractivity contribution is 7.75. The van der Waals surface area contributed by atoms with Gasteiger partial charge in [-0.05, 0) is 13.8 Å². The van der Waals surface area contributed by atoms with Crippen molar-refractivity contribution in [3.63, 3.8) is 0 Å². The second kappa shape index (κ2) is 6.75. The third-order valence-corrected chi connectivity index (χ3v) is 4.12. The SMILES string of the molecule is CC(=O)O/N=C(\C(=O)NC1C(=O)N(OS)C1(C)C)c1csc(N)n1. The van der Waals surface area contributed by atoms with E-state index in [9.17, 15) is 14.4 Å². The van der Waals surface area contributed by atoms with Crippen molar-refractivity contribution in [3.8, 4) is 0 Å². The van der Waals surface area contributed by atoms with Crippen LogP contribution in [-0.4, -0.2) is 45.1 Å². The molecule has 24 heavy (non-hydrogen) atoms. The number of thiol groups is 1. The summed E-state index contributed by atoms with van der Waals surface area (Å²) in [5.74, 6) is -1.93. The van der Waals surface area contributed by atoms with Gasteiger partial charge in [-0.3, -0.25) is 9.59 Å². The average Bonchev–Trinajstić information content (AvgIpc) is 2.91. The number of carbonyl (C=O) groups excluding carboxylic acids is 3.